The van der Waals surface area contributed by atoms with Gasteiger partial charge in [0.25, 0.3) is 0 Å². The Balaban J connectivity index is 3.00. The number of benzene rings is 1. The van der Waals surface area contributed by atoms with Gasteiger partial charge in [0.15, 0.2) is 0 Å². The van der Waals surface area contributed by atoms with Gasteiger partial charge in [-0.15, -0.1) is 0 Å². The molecule has 1 aromatic rings. The Labute approximate surface area is 92.5 Å². The maximum absolute atomic E-state index is 11.1. The molecule has 76 valence electrons. The highest BCUT2D eigenvalue weighted by Crippen LogP contribution is 2.12. The van der Waals surface area contributed by atoms with E-state index in [1.807, 2.05) is 0 Å². The van der Waals surface area contributed by atoms with Crippen molar-refractivity contribution < 1.29 is 9.53 Å². The fourth-order valence-electron chi connectivity index (χ4n) is 0.972. The normalized spacial score (nSPS) is 10.6. The highest BCUT2D eigenvalue weighted by atomic mass is 35.5. The number of nitrogens with zero attached hydrogens (tertiary/aromatic N) is 1. The second-order valence-electron chi connectivity index (χ2n) is 2.71. The molecule has 1 aromatic carbocycles. The molecule has 0 unspecified atom stereocenters. The van der Waals surface area contributed by atoms with Crippen molar-refractivity contribution in [3.8, 4) is 6.07 Å². The van der Waals surface area contributed by atoms with E-state index in [1.54, 1.807) is 30.3 Å². The van der Waals surface area contributed by atoms with Crippen LogP contribution in [0.4, 0.5) is 0 Å². The number of rotatable bonds is 2. The first-order valence-electron chi connectivity index (χ1n) is 4.13. The van der Waals surface area contributed by atoms with Gasteiger partial charge in [0, 0.05) is 5.02 Å². The summed E-state index contributed by atoms with van der Waals surface area (Å²) < 4.78 is 4.44. The number of nitriles is 1. The summed E-state index contributed by atoms with van der Waals surface area (Å²) in [6.07, 6.45) is 1.45. The summed E-state index contributed by atoms with van der Waals surface area (Å²) in [5, 5.41) is 9.30. The summed E-state index contributed by atoms with van der Waals surface area (Å²) >= 11 is 5.69. The number of esters is 1. The van der Waals surface area contributed by atoms with Crippen molar-refractivity contribution in [3.05, 3.63) is 40.4 Å². The molecule has 0 aliphatic carbocycles. The number of ether oxygens (including phenoxy) is 1. The molecule has 0 heterocycles. The van der Waals surface area contributed by atoms with Crippen molar-refractivity contribution in [2.75, 3.05) is 7.11 Å². The Kier molecular flexibility index (Phi) is 3.90. The van der Waals surface area contributed by atoms with E-state index in [-0.39, 0.29) is 5.57 Å². The van der Waals surface area contributed by atoms with Crippen LogP contribution in [0.5, 0.6) is 0 Å². The molecular formula is C11H8ClNO2. The number of methoxy groups -OCH3 is 1. The van der Waals surface area contributed by atoms with Crippen LogP contribution in [-0.4, -0.2) is 13.1 Å². The van der Waals surface area contributed by atoms with E-state index in [9.17, 15) is 4.79 Å². The molecule has 0 spiro atoms. The maximum Gasteiger partial charge on any atom is 0.348 e. The second kappa shape index (κ2) is 5.18. The SMILES string of the molecule is COC(=O)/C(C#N)=C\c1ccc(Cl)cc1. The highest BCUT2D eigenvalue weighted by Gasteiger charge is 2.07. The minimum absolute atomic E-state index is 0.0418. The molecule has 15 heavy (non-hydrogen) atoms. The third kappa shape index (κ3) is 3.12. The third-order valence-electron chi connectivity index (χ3n) is 1.71. The summed E-state index contributed by atoms with van der Waals surface area (Å²) in [5.41, 5.74) is 0.682. The van der Waals surface area contributed by atoms with Crippen LogP contribution in [0.1, 0.15) is 5.56 Å². The van der Waals surface area contributed by atoms with Crippen LogP contribution >= 0.6 is 11.6 Å². The first-order chi connectivity index (χ1) is 7.17. The van der Waals surface area contributed by atoms with Gasteiger partial charge in [-0.05, 0) is 23.8 Å². The van der Waals surface area contributed by atoms with E-state index in [2.05, 4.69) is 4.74 Å². The lowest BCUT2D eigenvalue weighted by molar-refractivity contribution is -0.135. The predicted molar refractivity (Wildman–Crippen MR) is 57.1 cm³/mol. The summed E-state index contributed by atoms with van der Waals surface area (Å²) in [6.45, 7) is 0. The Morgan fingerprint density at radius 3 is 2.53 bits per heavy atom. The molecule has 0 atom stereocenters. The Bertz CT molecular complexity index is 429. The van der Waals surface area contributed by atoms with Crippen molar-refractivity contribution in [2.24, 2.45) is 0 Å². The average molecular weight is 222 g/mol. The van der Waals surface area contributed by atoms with Crippen LogP contribution in [0.3, 0.4) is 0 Å². The van der Waals surface area contributed by atoms with Gasteiger partial charge in [-0.1, -0.05) is 23.7 Å². The molecule has 0 saturated heterocycles. The third-order valence-corrected chi connectivity index (χ3v) is 1.96. The van der Waals surface area contributed by atoms with Crippen molar-refractivity contribution in [1.82, 2.24) is 0 Å². The van der Waals surface area contributed by atoms with Gasteiger partial charge in [-0.3, -0.25) is 0 Å². The summed E-state index contributed by atoms with van der Waals surface area (Å²) in [5.74, 6) is -0.646. The lowest BCUT2D eigenvalue weighted by atomic mass is 10.1. The lowest BCUT2D eigenvalue weighted by Gasteiger charge is -1.97. The number of hydrogen-bond donors (Lipinski definition) is 0. The largest absolute Gasteiger partial charge is 0.465 e. The van der Waals surface area contributed by atoms with Crippen LogP contribution in [0, 0.1) is 11.3 Å². The van der Waals surface area contributed by atoms with Crippen LogP contribution in [-0.2, 0) is 9.53 Å². The average Bonchev–Trinajstić information content (AvgIpc) is 2.27. The first kappa shape index (κ1) is 11.3. The smallest absolute Gasteiger partial charge is 0.348 e. The molecule has 0 saturated carbocycles. The lowest BCUT2D eigenvalue weighted by Crippen LogP contribution is -2.02. The Hall–Kier alpha value is -1.79. The summed E-state index contributed by atoms with van der Waals surface area (Å²) in [7, 11) is 1.23. The molecule has 0 radical (unpaired) electrons. The van der Waals surface area contributed by atoms with Gasteiger partial charge in [0.1, 0.15) is 11.6 Å². The predicted octanol–water partition coefficient (Wildman–Crippen LogP) is 2.42. The Morgan fingerprint density at radius 2 is 2.07 bits per heavy atom. The van der Waals surface area contributed by atoms with Gasteiger partial charge in [0.05, 0.1) is 7.11 Å². The number of carbonyl (C=O) groups excluding carboxylic acids is 1. The number of carbonyl (C=O) groups is 1. The van der Waals surface area contributed by atoms with Crippen LogP contribution in [0.25, 0.3) is 6.08 Å². The van der Waals surface area contributed by atoms with E-state index < -0.39 is 5.97 Å². The molecule has 3 nitrogen and oxygen atoms in total. The van der Waals surface area contributed by atoms with Crippen molar-refractivity contribution >= 4 is 23.6 Å². The zero-order valence-corrected chi connectivity index (χ0v) is 8.78. The van der Waals surface area contributed by atoms with E-state index in [0.29, 0.717) is 5.02 Å². The zero-order valence-electron chi connectivity index (χ0n) is 8.03. The fraction of sp³-hybridized carbons (Fsp3) is 0.0909. The van der Waals surface area contributed by atoms with E-state index in [0.717, 1.165) is 5.56 Å². The van der Waals surface area contributed by atoms with Crippen molar-refractivity contribution in [3.63, 3.8) is 0 Å². The van der Waals surface area contributed by atoms with E-state index in [1.165, 1.54) is 13.2 Å². The van der Waals surface area contributed by atoms with Gasteiger partial charge in [-0.2, -0.15) is 5.26 Å². The number of hydrogen-bond acceptors (Lipinski definition) is 3. The second-order valence-corrected chi connectivity index (χ2v) is 3.15. The topological polar surface area (TPSA) is 50.1 Å². The van der Waals surface area contributed by atoms with Gasteiger partial charge in [-0.25, -0.2) is 4.79 Å². The molecule has 1 rings (SSSR count). The highest BCUT2D eigenvalue weighted by molar-refractivity contribution is 6.30. The van der Waals surface area contributed by atoms with Crippen LogP contribution in [0.15, 0.2) is 29.8 Å². The molecule has 0 aliphatic rings. The molecule has 0 aromatic heterocycles. The van der Waals surface area contributed by atoms with Crippen molar-refractivity contribution in [2.45, 2.75) is 0 Å². The monoisotopic (exact) mass is 221 g/mol. The van der Waals surface area contributed by atoms with Crippen molar-refractivity contribution in [1.29, 1.82) is 5.26 Å². The minimum atomic E-state index is -0.646. The summed E-state index contributed by atoms with van der Waals surface area (Å²) in [4.78, 5) is 11.1. The standard InChI is InChI=1S/C11H8ClNO2/c1-15-11(14)9(7-13)6-8-2-4-10(12)5-3-8/h2-6H,1H3/b9-6-. The molecule has 0 bridgehead atoms. The first-order valence-corrected chi connectivity index (χ1v) is 4.51. The fourth-order valence-corrected chi connectivity index (χ4v) is 1.10. The molecule has 0 fully saturated rings. The molecule has 0 N–H and O–H groups in total. The quantitative estimate of drug-likeness (QED) is 0.438. The van der Waals surface area contributed by atoms with Gasteiger partial charge < -0.3 is 4.74 Å². The number of halogens is 1. The van der Waals surface area contributed by atoms with Crippen LogP contribution < -0.4 is 0 Å². The Morgan fingerprint density at radius 1 is 1.47 bits per heavy atom. The van der Waals surface area contributed by atoms with E-state index >= 15 is 0 Å². The molecule has 4 heteroatoms. The minimum Gasteiger partial charge on any atom is -0.465 e. The van der Waals surface area contributed by atoms with E-state index in [4.69, 9.17) is 16.9 Å². The molecule has 0 amide bonds. The summed E-state index contributed by atoms with van der Waals surface area (Å²) in [6, 6.07) is 8.55. The molecule has 0 aliphatic heterocycles. The van der Waals surface area contributed by atoms with Gasteiger partial charge >= 0.3 is 5.97 Å². The maximum atomic E-state index is 11.1. The zero-order chi connectivity index (χ0) is 11.3. The van der Waals surface area contributed by atoms with Crippen LogP contribution in [0.2, 0.25) is 5.02 Å². The molecular weight excluding hydrogens is 214 g/mol. The van der Waals surface area contributed by atoms with Gasteiger partial charge in [0.2, 0.25) is 0 Å².